The third kappa shape index (κ3) is 3.98. The van der Waals surface area contributed by atoms with Crippen molar-refractivity contribution in [2.45, 2.75) is 32.4 Å². The number of carbonyl (C=O) groups excluding carboxylic acids is 1. The minimum absolute atomic E-state index is 0.141. The smallest absolute Gasteiger partial charge is 0.247 e. The quantitative estimate of drug-likeness (QED) is 0.746. The summed E-state index contributed by atoms with van der Waals surface area (Å²) in [6.07, 6.45) is 5.09. The summed E-state index contributed by atoms with van der Waals surface area (Å²) in [5, 5.41) is 3.20. The molecule has 1 aliphatic carbocycles. The van der Waals surface area contributed by atoms with Crippen LogP contribution in [-0.4, -0.2) is 21.8 Å². The van der Waals surface area contributed by atoms with Crippen LogP contribution in [0.4, 0.5) is 4.39 Å². The summed E-state index contributed by atoms with van der Waals surface area (Å²) in [5.41, 5.74) is 1.13. The van der Waals surface area contributed by atoms with Crippen LogP contribution in [0.15, 0.2) is 29.7 Å². The highest BCUT2D eigenvalue weighted by molar-refractivity contribution is 7.09. The number of aryl methyl sites for hydroxylation is 1. The normalized spacial score (nSPS) is 14.4. The zero-order valence-electron chi connectivity index (χ0n) is 12.6. The van der Waals surface area contributed by atoms with Crippen molar-refractivity contribution in [3.05, 3.63) is 56.8 Å². The lowest BCUT2D eigenvalue weighted by Gasteiger charge is -2.21. The van der Waals surface area contributed by atoms with E-state index < -0.39 is 0 Å². The Morgan fingerprint density at radius 3 is 2.91 bits per heavy atom. The third-order valence-corrected chi connectivity index (χ3v) is 4.84. The predicted octanol–water partition coefficient (Wildman–Crippen LogP) is 4.45. The average molecular weight is 351 g/mol. The van der Waals surface area contributed by atoms with Gasteiger partial charge in [-0.05, 0) is 38.0 Å². The Bertz CT molecular complexity index is 735. The van der Waals surface area contributed by atoms with Crippen molar-refractivity contribution in [3.63, 3.8) is 0 Å². The van der Waals surface area contributed by atoms with Gasteiger partial charge in [-0.15, -0.1) is 11.3 Å². The second-order valence-electron chi connectivity index (χ2n) is 5.52. The molecule has 3 rings (SSSR count). The van der Waals surface area contributed by atoms with Crippen molar-refractivity contribution in [1.29, 1.82) is 0 Å². The molecule has 0 spiro atoms. The monoisotopic (exact) mass is 350 g/mol. The summed E-state index contributed by atoms with van der Waals surface area (Å²) in [6.45, 7) is 2.11. The van der Waals surface area contributed by atoms with Gasteiger partial charge in [-0.25, -0.2) is 9.37 Å². The van der Waals surface area contributed by atoms with Crippen LogP contribution in [0.5, 0.6) is 0 Å². The predicted molar refractivity (Wildman–Crippen MR) is 90.9 cm³/mol. The van der Waals surface area contributed by atoms with Crippen molar-refractivity contribution in [2.75, 3.05) is 0 Å². The SMILES string of the molecule is Cc1nc(/C=C/C(=O)N(Cc2c(F)cccc2Cl)C2CC2)cs1. The molecule has 120 valence electrons. The highest BCUT2D eigenvalue weighted by Crippen LogP contribution is 2.31. The molecule has 1 aromatic carbocycles. The minimum Gasteiger partial charge on any atom is -0.332 e. The van der Waals surface area contributed by atoms with E-state index in [2.05, 4.69) is 4.98 Å². The standard InChI is InChI=1S/C17H16ClFN2OS/c1-11-20-12(10-23-11)5-8-17(22)21(13-6-7-13)9-14-15(18)3-2-4-16(14)19/h2-5,8,10,13H,6-7,9H2,1H3/b8-5+. The number of nitrogens with zero attached hydrogens (tertiary/aromatic N) is 2. The zero-order chi connectivity index (χ0) is 16.4. The van der Waals surface area contributed by atoms with Gasteiger partial charge < -0.3 is 4.90 Å². The number of thiazole rings is 1. The lowest BCUT2D eigenvalue weighted by Crippen LogP contribution is -2.31. The minimum atomic E-state index is -0.380. The lowest BCUT2D eigenvalue weighted by molar-refractivity contribution is -0.127. The first-order valence-corrected chi connectivity index (χ1v) is 8.64. The summed E-state index contributed by atoms with van der Waals surface area (Å²) in [4.78, 5) is 18.5. The summed E-state index contributed by atoms with van der Waals surface area (Å²) in [5.74, 6) is -0.521. The molecule has 0 bridgehead atoms. The number of carbonyl (C=O) groups is 1. The molecular formula is C17H16ClFN2OS. The van der Waals surface area contributed by atoms with Gasteiger partial charge in [0, 0.05) is 28.1 Å². The maximum Gasteiger partial charge on any atom is 0.247 e. The van der Waals surface area contributed by atoms with E-state index in [0.717, 1.165) is 23.5 Å². The molecular weight excluding hydrogens is 335 g/mol. The highest BCUT2D eigenvalue weighted by Gasteiger charge is 2.32. The Balaban J connectivity index is 1.76. The summed E-state index contributed by atoms with van der Waals surface area (Å²) >= 11 is 7.61. The summed E-state index contributed by atoms with van der Waals surface area (Å²) in [6, 6.07) is 4.74. The number of amides is 1. The fourth-order valence-corrected chi connectivity index (χ4v) is 3.14. The van der Waals surface area contributed by atoms with E-state index in [1.165, 1.54) is 23.5 Å². The third-order valence-electron chi connectivity index (χ3n) is 3.69. The van der Waals surface area contributed by atoms with Gasteiger partial charge in [0.15, 0.2) is 0 Å². The fourth-order valence-electron chi connectivity index (χ4n) is 2.34. The Kier molecular flexibility index (Phi) is 4.78. The van der Waals surface area contributed by atoms with Gasteiger partial charge in [-0.3, -0.25) is 4.79 Å². The van der Waals surface area contributed by atoms with Gasteiger partial charge in [0.25, 0.3) is 0 Å². The van der Waals surface area contributed by atoms with Crippen LogP contribution in [0, 0.1) is 12.7 Å². The van der Waals surface area contributed by atoms with Crippen LogP contribution < -0.4 is 0 Å². The first kappa shape index (κ1) is 16.1. The van der Waals surface area contributed by atoms with Crippen molar-refractivity contribution >= 4 is 34.9 Å². The first-order valence-electron chi connectivity index (χ1n) is 7.38. The Labute approximate surface area is 143 Å². The molecule has 0 N–H and O–H groups in total. The molecule has 2 aromatic rings. The van der Waals surface area contributed by atoms with Gasteiger partial charge in [-0.1, -0.05) is 17.7 Å². The molecule has 1 fully saturated rings. The number of hydrogen-bond acceptors (Lipinski definition) is 3. The molecule has 0 atom stereocenters. The van der Waals surface area contributed by atoms with Crippen LogP contribution in [-0.2, 0) is 11.3 Å². The Hall–Kier alpha value is -1.72. The van der Waals surface area contributed by atoms with Crippen LogP contribution in [0.3, 0.4) is 0 Å². The van der Waals surface area contributed by atoms with E-state index in [0.29, 0.717) is 10.6 Å². The van der Waals surface area contributed by atoms with Crippen LogP contribution >= 0.6 is 22.9 Å². The van der Waals surface area contributed by atoms with Crippen molar-refractivity contribution in [1.82, 2.24) is 9.88 Å². The van der Waals surface area contributed by atoms with E-state index in [1.54, 1.807) is 23.1 Å². The fraction of sp³-hybridized carbons (Fsp3) is 0.294. The van der Waals surface area contributed by atoms with Crippen LogP contribution in [0.2, 0.25) is 5.02 Å². The molecule has 1 aliphatic rings. The molecule has 0 radical (unpaired) electrons. The maximum absolute atomic E-state index is 14.0. The van der Waals surface area contributed by atoms with E-state index in [4.69, 9.17) is 11.6 Å². The van der Waals surface area contributed by atoms with Crippen molar-refractivity contribution < 1.29 is 9.18 Å². The average Bonchev–Trinajstić information content (AvgIpc) is 3.26. The molecule has 3 nitrogen and oxygen atoms in total. The lowest BCUT2D eigenvalue weighted by atomic mass is 10.2. The highest BCUT2D eigenvalue weighted by atomic mass is 35.5. The summed E-state index contributed by atoms with van der Waals surface area (Å²) < 4.78 is 14.0. The van der Waals surface area contributed by atoms with E-state index in [1.807, 2.05) is 12.3 Å². The first-order chi connectivity index (χ1) is 11.0. The van der Waals surface area contributed by atoms with Gasteiger partial charge in [0.2, 0.25) is 5.91 Å². The van der Waals surface area contributed by atoms with Gasteiger partial charge in [0.1, 0.15) is 5.82 Å². The number of benzene rings is 1. The van der Waals surface area contributed by atoms with Gasteiger partial charge >= 0.3 is 0 Å². The molecule has 1 heterocycles. The Morgan fingerprint density at radius 2 is 2.30 bits per heavy atom. The van der Waals surface area contributed by atoms with Crippen molar-refractivity contribution in [3.8, 4) is 0 Å². The molecule has 0 saturated heterocycles. The molecule has 1 aromatic heterocycles. The topological polar surface area (TPSA) is 33.2 Å². The molecule has 23 heavy (non-hydrogen) atoms. The van der Waals surface area contributed by atoms with Crippen molar-refractivity contribution in [2.24, 2.45) is 0 Å². The van der Waals surface area contributed by atoms with E-state index in [-0.39, 0.29) is 24.3 Å². The van der Waals surface area contributed by atoms with Gasteiger partial charge in [-0.2, -0.15) is 0 Å². The number of rotatable bonds is 5. The Morgan fingerprint density at radius 1 is 1.52 bits per heavy atom. The molecule has 0 unspecified atom stereocenters. The van der Waals surface area contributed by atoms with E-state index in [9.17, 15) is 9.18 Å². The number of aromatic nitrogens is 1. The molecule has 1 amide bonds. The summed E-state index contributed by atoms with van der Waals surface area (Å²) in [7, 11) is 0. The molecule has 6 heteroatoms. The number of hydrogen-bond donors (Lipinski definition) is 0. The maximum atomic E-state index is 14.0. The zero-order valence-corrected chi connectivity index (χ0v) is 14.2. The van der Waals surface area contributed by atoms with Crippen LogP contribution in [0.25, 0.3) is 6.08 Å². The second-order valence-corrected chi connectivity index (χ2v) is 6.99. The van der Waals surface area contributed by atoms with Gasteiger partial charge in [0.05, 0.1) is 17.2 Å². The van der Waals surface area contributed by atoms with Crippen LogP contribution in [0.1, 0.15) is 29.1 Å². The van der Waals surface area contributed by atoms with E-state index >= 15 is 0 Å². The molecule has 1 saturated carbocycles. The molecule has 0 aliphatic heterocycles. The second kappa shape index (κ2) is 6.81. The number of halogens is 2. The largest absolute Gasteiger partial charge is 0.332 e.